The number of hydrogen-bond donors (Lipinski definition) is 0. The van der Waals surface area contributed by atoms with E-state index in [1.807, 2.05) is 35.4 Å². The second-order valence-electron chi connectivity index (χ2n) is 6.45. The molecule has 1 aromatic heterocycles. The molecule has 0 atom stereocenters. The number of rotatable bonds is 2. The SMILES string of the molecule is O=C(c1cn2c(n1)CCCC2)N1CCN(c2ccc(Cl)cc2)CC1. The Bertz CT molecular complexity index is 708. The number of carbonyl (C=O) groups is 1. The monoisotopic (exact) mass is 344 g/mol. The zero-order valence-electron chi connectivity index (χ0n) is 13.6. The molecule has 4 rings (SSSR count). The molecular formula is C18H21ClN4O. The first-order valence-corrected chi connectivity index (χ1v) is 8.94. The topological polar surface area (TPSA) is 41.4 Å². The Labute approximate surface area is 146 Å². The second kappa shape index (κ2) is 6.48. The summed E-state index contributed by atoms with van der Waals surface area (Å²) in [5, 5.41) is 0.747. The van der Waals surface area contributed by atoms with Crippen LogP contribution in [0.15, 0.2) is 30.5 Å². The molecular weight excluding hydrogens is 324 g/mol. The highest BCUT2D eigenvalue weighted by molar-refractivity contribution is 6.30. The van der Waals surface area contributed by atoms with E-state index in [1.165, 1.54) is 12.8 Å². The van der Waals surface area contributed by atoms with Crippen LogP contribution in [0.3, 0.4) is 0 Å². The van der Waals surface area contributed by atoms with Gasteiger partial charge in [0.05, 0.1) is 0 Å². The van der Waals surface area contributed by atoms with Crippen molar-refractivity contribution in [2.24, 2.45) is 0 Å². The summed E-state index contributed by atoms with van der Waals surface area (Å²) in [6.45, 7) is 4.11. The van der Waals surface area contributed by atoms with Crippen molar-refractivity contribution in [2.45, 2.75) is 25.8 Å². The molecule has 0 radical (unpaired) electrons. The number of halogens is 1. The molecule has 126 valence electrons. The number of aromatic nitrogens is 2. The predicted octanol–water partition coefficient (Wildman–Crippen LogP) is 2.84. The maximum absolute atomic E-state index is 12.7. The van der Waals surface area contributed by atoms with Crippen molar-refractivity contribution in [3.8, 4) is 0 Å². The number of imidazole rings is 1. The average Bonchev–Trinajstić information content (AvgIpc) is 3.06. The number of hydrogen-bond acceptors (Lipinski definition) is 3. The smallest absolute Gasteiger partial charge is 0.274 e. The van der Waals surface area contributed by atoms with Crippen LogP contribution in [0.2, 0.25) is 5.02 Å². The van der Waals surface area contributed by atoms with Gasteiger partial charge in [-0.05, 0) is 37.1 Å². The molecule has 2 aliphatic rings. The summed E-state index contributed by atoms with van der Waals surface area (Å²) in [7, 11) is 0. The molecule has 0 spiro atoms. The Balaban J connectivity index is 1.41. The minimum absolute atomic E-state index is 0.0626. The Hall–Kier alpha value is -2.01. The van der Waals surface area contributed by atoms with Crippen LogP contribution in [-0.2, 0) is 13.0 Å². The fraction of sp³-hybridized carbons (Fsp3) is 0.444. The van der Waals surface area contributed by atoms with Crippen molar-refractivity contribution < 1.29 is 4.79 Å². The molecule has 5 nitrogen and oxygen atoms in total. The number of piperazine rings is 1. The largest absolute Gasteiger partial charge is 0.368 e. The molecule has 6 heteroatoms. The molecule has 0 N–H and O–H groups in total. The van der Waals surface area contributed by atoms with Crippen molar-refractivity contribution in [1.82, 2.24) is 14.5 Å². The summed E-state index contributed by atoms with van der Waals surface area (Å²) in [5.41, 5.74) is 1.76. The first-order valence-electron chi connectivity index (χ1n) is 8.56. The van der Waals surface area contributed by atoms with Crippen molar-refractivity contribution in [2.75, 3.05) is 31.1 Å². The fourth-order valence-corrected chi connectivity index (χ4v) is 3.62. The van der Waals surface area contributed by atoms with Crippen LogP contribution in [0, 0.1) is 0 Å². The normalized spacial score (nSPS) is 17.7. The lowest BCUT2D eigenvalue weighted by atomic mass is 10.2. The van der Waals surface area contributed by atoms with Gasteiger partial charge in [-0.1, -0.05) is 11.6 Å². The predicted molar refractivity (Wildman–Crippen MR) is 94.7 cm³/mol. The van der Waals surface area contributed by atoms with Gasteiger partial charge >= 0.3 is 0 Å². The van der Waals surface area contributed by atoms with Crippen LogP contribution in [0.5, 0.6) is 0 Å². The minimum Gasteiger partial charge on any atom is -0.368 e. The van der Waals surface area contributed by atoms with Gasteiger partial charge < -0.3 is 14.4 Å². The van der Waals surface area contributed by atoms with Crippen LogP contribution in [0.25, 0.3) is 0 Å². The summed E-state index contributed by atoms with van der Waals surface area (Å²) in [5.74, 6) is 1.12. The Kier molecular flexibility index (Phi) is 4.19. The van der Waals surface area contributed by atoms with Gasteiger partial charge in [0.2, 0.25) is 0 Å². The summed E-state index contributed by atoms with van der Waals surface area (Å²) in [4.78, 5) is 21.5. The Morgan fingerprint density at radius 2 is 1.75 bits per heavy atom. The van der Waals surface area contributed by atoms with Gasteiger partial charge in [-0.25, -0.2) is 4.98 Å². The second-order valence-corrected chi connectivity index (χ2v) is 6.88. The molecule has 2 aliphatic heterocycles. The zero-order chi connectivity index (χ0) is 16.5. The molecule has 0 unspecified atom stereocenters. The quantitative estimate of drug-likeness (QED) is 0.841. The minimum atomic E-state index is 0.0626. The third kappa shape index (κ3) is 3.00. The highest BCUT2D eigenvalue weighted by Crippen LogP contribution is 2.21. The van der Waals surface area contributed by atoms with Crippen LogP contribution in [-0.4, -0.2) is 46.5 Å². The van der Waals surface area contributed by atoms with Gasteiger partial charge in [-0.3, -0.25) is 4.79 Å². The number of anilines is 1. The van der Waals surface area contributed by atoms with E-state index in [2.05, 4.69) is 14.5 Å². The molecule has 1 saturated heterocycles. The highest BCUT2D eigenvalue weighted by Gasteiger charge is 2.25. The lowest BCUT2D eigenvalue weighted by Crippen LogP contribution is -2.48. The summed E-state index contributed by atoms with van der Waals surface area (Å²) in [6.07, 6.45) is 5.27. The zero-order valence-corrected chi connectivity index (χ0v) is 14.4. The van der Waals surface area contributed by atoms with E-state index in [0.29, 0.717) is 5.69 Å². The number of nitrogens with zero attached hydrogens (tertiary/aromatic N) is 4. The standard InChI is InChI=1S/C18H21ClN4O/c19-14-4-6-15(7-5-14)21-9-11-22(12-10-21)18(24)16-13-23-8-2-1-3-17(23)20-16/h4-7,13H,1-3,8-12H2. The molecule has 3 heterocycles. The van der Waals surface area contributed by atoms with Gasteiger partial charge in [-0.2, -0.15) is 0 Å². The Morgan fingerprint density at radius 1 is 1.00 bits per heavy atom. The molecule has 0 aliphatic carbocycles. The highest BCUT2D eigenvalue weighted by atomic mass is 35.5. The number of fused-ring (bicyclic) bond motifs is 1. The van der Waals surface area contributed by atoms with E-state index in [4.69, 9.17) is 11.6 Å². The third-order valence-corrected chi connectivity index (χ3v) is 5.14. The molecule has 1 amide bonds. The Morgan fingerprint density at radius 3 is 2.46 bits per heavy atom. The number of benzene rings is 1. The number of amides is 1. The lowest BCUT2D eigenvalue weighted by Gasteiger charge is -2.35. The van der Waals surface area contributed by atoms with Crippen LogP contribution < -0.4 is 4.90 Å². The molecule has 2 aromatic rings. The van der Waals surface area contributed by atoms with Gasteiger partial charge in [0, 0.05) is 56.1 Å². The fourth-order valence-electron chi connectivity index (χ4n) is 3.50. The van der Waals surface area contributed by atoms with E-state index in [-0.39, 0.29) is 5.91 Å². The first kappa shape index (κ1) is 15.5. The third-order valence-electron chi connectivity index (χ3n) is 4.89. The molecule has 24 heavy (non-hydrogen) atoms. The summed E-state index contributed by atoms with van der Waals surface area (Å²) >= 11 is 5.95. The van der Waals surface area contributed by atoms with Gasteiger partial charge in [0.1, 0.15) is 11.5 Å². The van der Waals surface area contributed by atoms with E-state index in [0.717, 1.165) is 55.7 Å². The summed E-state index contributed by atoms with van der Waals surface area (Å²) < 4.78 is 2.14. The molecule has 1 aromatic carbocycles. The van der Waals surface area contributed by atoms with E-state index >= 15 is 0 Å². The van der Waals surface area contributed by atoms with Crippen molar-refractivity contribution in [1.29, 1.82) is 0 Å². The molecule has 0 bridgehead atoms. The molecule has 0 saturated carbocycles. The average molecular weight is 345 g/mol. The van der Waals surface area contributed by atoms with Crippen molar-refractivity contribution >= 4 is 23.2 Å². The first-order chi connectivity index (χ1) is 11.7. The van der Waals surface area contributed by atoms with Crippen LogP contribution in [0.4, 0.5) is 5.69 Å². The van der Waals surface area contributed by atoms with E-state index in [1.54, 1.807) is 0 Å². The number of carbonyl (C=O) groups excluding carboxylic acids is 1. The van der Waals surface area contributed by atoms with Crippen molar-refractivity contribution in [3.05, 3.63) is 47.0 Å². The maximum atomic E-state index is 12.7. The lowest BCUT2D eigenvalue weighted by molar-refractivity contribution is 0.0741. The van der Waals surface area contributed by atoms with Crippen LogP contribution >= 0.6 is 11.6 Å². The summed E-state index contributed by atoms with van der Waals surface area (Å²) in [6, 6.07) is 7.88. The molecule has 1 fully saturated rings. The van der Waals surface area contributed by atoms with Gasteiger partial charge in [-0.15, -0.1) is 0 Å². The van der Waals surface area contributed by atoms with Crippen molar-refractivity contribution in [3.63, 3.8) is 0 Å². The van der Waals surface area contributed by atoms with E-state index < -0.39 is 0 Å². The maximum Gasteiger partial charge on any atom is 0.274 e. The van der Waals surface area contributed by atoms with E-state index in [9.17, 15) is 4.79 Å². The van der Waals surface area contributed by atoms with Gasteiger partial charge in [0.15, 0.2) is 0 Å². The van der Waals surface area contributed by atoms with Crippen LogP contribution in [0.1, 0.15) is 29.2 Å². The van der Waals surface area contributed by atoms with Gasteiger partial charge in [0.25, 0.3) is 5.91 Å². The number of aryl methyl sites for hydroxylation is 2.